The maximum Gasteiger partial charge on any atom is 0.259 e. The number of benzene rings is 1. The third kappa shape index (κ3) is 2.12. The van der Waals surface area contributed by atoms with Gasteiger partial charge in [-0.1, -0.05) is 29.8 Å². The van der Waals surface area contributed by atoms with Gasteiger partial charge >= 0.3 is 0 Å². The van der Waals surface area contributed by atoms with Crippen molar-refractivity contribution in [1.29, 1.82) is 0 Å². The zero-order chi connectivity index (χ0) is 12.4. The minimum atomic E-state index is -0.111. The first-order valence-electron chi connectivity index (χ1n) is 5.31. The van der Waals surface area contributed by atoms with Gasteiger partial charge in [-0.15, -0.1) is 0 Å². The van der Waals surface area contributed by atoms with Gasteiger partial charge in [-0.2, -0.15) is 0 Å². The highest BCUT2D eigenvalue weighted by atomic mass is 35.5. The number of pyridine rings is 1. The molecule has 1 aromatic carbocycles. The zero-order valence-electron chi connectivity index (χ0n) is 9.48. The lowest BCUT2D eigenvalue weighted by Gasteiger charge is -2.12. The molecule has 0 aliphatic heterocycles. The Morgan fingerprint density at radius 2 is 1.94 bits per heavy atom. The largest absolute Gasteiger partial charge is 0.326 e. The predicted octanol–water partition coefficient (Wildman–Crippen LogP) is 2.26. The highest BCUT2D eigenvalue weighted by molar-refractivity contribution is 6.32. The van der Waals surface area contributed by atoms with E-state index in [0.29, 0.717) is 16.3 Å². The minimum absolute atomic E-state index is 0.111. The number of aromatic nitrogens is 1. The molecule has 0 fully saturated rings. The minimum Gasteiger partial charge on any atom is -0.326 e. The van der Waals surface area contributed by atoms with Crippen molar-refractivity contribution in [1.82, 2.24) is 4.57 Å². The average Bonchev–Trinajstić information content (AvgIpc) is 2.32. The number of nitrogens with two attached hydrogens (primary N) is 1. The summed E-state index contributed by atoms with van der Waals surface area (Å²) in [5.41, 5.74) is 7.53. The van der Waals surface area contributed by atoms with Gasteiger partial charge < -0.3 is 5.73 Å². The molecular formula is C13H13ClN2O. The van der Waals surface area contributed by atoms with Crippen LogP contribution < -0.4 is 11.3 Å². The molecule has 0 bridgehead atoms. The SMILES string of the molecule is Cc1ccc(CN)c(=O)n1-c1ccccc1Cl. The first-order chi connectivity index (χ1) is 8.15. The van der Waals surface area contributed by atoms with E-state index in [-0.39, 0.29) is 12.1 Å². The van der Waals surface area contributed by atoms with E-state index in [1.165, 1.54) is 0 Å². The Balaban J connectivity index is 2.76. The Kier molecular flexibility index (Phi) is 3.31. The lowest BCUT2D eigenvalue weighted by molar-refractivity contribution is 0.889. The number of hydrogen-bond donors (Lipinski definition) is 1. The van der Waals surface area contributed by atoms with Crippen molar-refractivity contribution >= 4 is 11.6 Å². The van der Waals surface area contributed by atoms with E-state index >= 15 is 0 Å². The van der Waals surface area contributed by atoms with E-state index in [9.17, 15) is 4.79 Å². The highest BCUT2D eigenvalue weighted by Crippen LogP contribution is 2.19. The third-order valence-corrected chi connectivity index (χ3v) is 2.99. The molecule has 0 atom stereocenters. The van der Waals surface area contributed by atoms with Crippen LogP contribution >= 0.6 is 11.6 Å². The molecule has 0 aliphatic rings. The summed E-state index contributed by atoms with van der Waals surface area (Å²) in [6.45, 7) is 2.09. The average molecular weight is 249 g/mol. The normalized spacial score (nSPS) is 10.5. The standard InChI is InChI=1S/C13H13ClN2O/c1-9-6-7-10(8-15)13(17)16(9)12-5-3-2-4-11(12)14/h2-7H,8,15H2,1H3. The van der Waals surface area contributed by atoms with Gasteiger partial charge in [0, 0.05) is 17.8 Å². The summed E-state index contributed by atoms with van der Waals surface area (Å²) in [6.07, 6.45) is 0. The molecule has 0 radical (unpaired) electrons. The van der Waals surface area contributed by atoms with Gasteiger partial charge in [-0.25, -0.2) is 0 Å². The third-order valence-electron chi connectivity index (χ3n) is 2.67. The summed E-state index contributed by atoms with van der Waals surface area (Å²) in [7, 11) is 0. The van der Waals surface area contributed by atoms with Gasteiger partial charge in [0.15, 0.2) is 0 Å². The molecule has 0 amide bonds. The van der Waals surface area contributed by atoms with Gasteiger partial charge in [0.1, 0.15) is 0 Å². The Morgan fingerprint density at radius 3 is 2.59 bits per heavy atom. The predicted molar refractivity (Wildman–Crippen MR) is 69.7 cm³/mol. The molecule has 2 rings (SSSR count). The lowest BCUT2D eigenvalue weighted by atomic mass is 10.2. The summed E-state index contributed by atoms with van der Waals surface area (Å²) in [4.78, 5) is 12.2. The molecule has 17 heavy (non-hydrogen) atoms. The van der Waals surface area contributed by atoms with E-state index in [1.807, 2.05) is 31.2 Å². The van der Waals surface area contributed by atoms with Crippen LogP contribution in [-0.2, 0) is 6.54 Å². The van der Waals surface area contributed by atoms with Crippen LogP contribution in [0.4, 0.5) is 0 Å². The number of rotatable bonds is 2. The molecule has 88 valence electrons. The Hall–Kier alpha value is -1.58. The Bertz CT molecular complexity index is 605. The summed E-state index contributed by atoms with van der Waals surface area (Å²) in [6, 6.07) is 10.9. The van der Waals surface area contributed by atoms with Crippen LogP contribution in [0, 0.1) is 6.92 Å². The topological polar surface area (TPSA) is 48.0 Å². The maximum atomic E-state index is 12.2. The van der Waals surface area contributed by atoms with E-state index in [4.69, 9.17) is 17.3 Å². The quantitative estimate of drug-likeness (QED) is 0.886. The van der Waals surface area contributed by atoms with Crippen LogP contribution in [0.5, 0.6) is 0 Å². The molecule has 0 spiro atoms. The van der Waals surface area contributed by atoms with Crippen molar-refractivity contribution < 1.29 is 0 Å². The van der Waals surface area contributed by atoms with Crippen molar-refractivity contribution in [2.75, 3.05) is 0 Å². The van der Waals surface area contributed by atoms with E-state index in [2.05, 4.69) is 0 Å². The summed E-state index contributed by atoms with van der Waals surface area (Å²) in [5.74, 6) is 0. The van der Waals surface area contributed by atoms with Gasteiger partial charge in [0.05, 0.1) is 10.7 Å². The van der Waals surface area contributed by atoms with Crippen LogP contribution in [0.2, 0.25) is 5.02 Å². The van der Waals surface area contributed by atoms with Gasteiger partial charge in [-0.05, 0) is 25.1 Å². The Morgan fingerprint density at radius 1 is 1.24 bits per heavy atom. The van der Waals surface area contributed by atoms with Crippen LogP contribution in [0.15, 0.2) is 41.2 Å². The smallest absolute Gasteiger partial charge is 0.259 e. The van der Waals surface area contributed by atoms with E-state index in [0.717, 1.165) is 5.69 Å². The van der Waals surface area contributed by atoms with Crippen LogP contribution in [-0.4, -0.2) is 4.57 Å². The molecule has 0 saturated carbocycles. The molecule has 0 unspecified atom stereocenters. The van der Waals surface area contributed by atoms with E-state index in [1.54, 1.807) is 16.7 Å². The second kappa shape index (κ2) is 4.73. The molecule has 2 N–H and O–H groups in total. The molecular weight excluding hydrogens is 236 g/mol. The van der Waals surface area contributed by atoms with Crippen LogP contribution in [0.1, 0.15) is 11.3 Å². The molecule has 2 aromatic rings. The number of nitrogens with zero attached hydrogens (tertiary/aromatic N) is 1. The molecule has 0 aliphatic carbocycles. The fraction of sp³-hybridized carbons (Fsp3) is 0.154. The zero-order valence-corrected chi connectivity index (χ0v) is 10.2. The monoisotopic (exact) mass is 248 g/mol. The first kappa shape index (κ1) is 11.9. The maximum absolute atomic E-state index is 12.2. The molecule has 1 heterocycles. The molecule has 0 saturated heterocycles. The van der Waals surface area contributed by atoms with Crippen molar-refractivity contribution in [2.45, 2.75) is 13.5 Å². The van der Waals surface area contributed by atoms with Crippen molar-refractivity contribution in [2.24, 2.45) is 5.73 Å². The summed E-state index contributed by atoms with van der Waals surface area (Å²) in [5, 5.41) is 0.548. The van der Waals surface area contributed by atoms with Gasteiger partial charge in [0.2, 0.25) is 0 Å². The number of halogens is 1. The molecule has 1 aromatic heterocycles. The van der Waals surface area contributed by atoms with Crippen molar-refractivity contribution in [3.63, 3.8) is 0 Å². The van der Waals surface area contributed by atoms with Gasteiger partial charge in [-0.3, -0.25) is 9.36 Å². The van der Waals surface area contributed by atoms with Crippen molar-refractivity contribution in [3.05, 3.63) is 63.0 Å². The summed E-state index contributed by atoms with van der Waals surface area (Å²) >= 11 is 6.11. The Labute approximate surface area is 104 Å². The second-order valence-corrected chi connectivity index (χ2v) is 4.20. The van der Waals surface area contributed by atoms with Crippen molar-refractivity contribution in [3.8, 4) is 5.69 Å². The van der Waals surface area contributed by atoms with Gasteiger partial charge in [0.25, 0.3) is 5.56 Å². The molecule has 3 nitrogen and oxygen atoms in total. The first-order valence-corrected chi connectivity index (χ1v) is 5.69. The highest BCUT2D eigenvalue weighted by Gasteiger charge is 2.09. The second-order valence-electron chi connectivity index (χ2n) is 3.80. The molecule has 4 heteroatoms. The number of para-hydroxylation sites is 1. The number of aryl methyl sites for hydroxylation is 1. The van der Waals surface area contributed by atoms with Crippen LogP contribution in [0.3, 0.4) is 0 Å². The fourth-order valence-corrected chi connectivity index (χ4v) is 1.98. The van der Waals surface area contributed by atoms with E-state index < -0.39 is 0 Å². The fourth-order valence-electron chi connectivity index (χ4n) is 1.76. The summed E-state index contributed by atoms with van der Waals surface area (Å²) < 4.78 is 1.59. The number of hydrogen-bond acceptors (Lipinski definition) is 2. The van der Waals surface area contributed by atoms with Crippen LogP contribution in [0.25, 0.3) is 5.69 Å². The lowest BCUT2D eigenvalue weighted by Crippen LogP contribution is -2.25.